The Hall–Kier alpha value is -0.0800. The SMILES string of the molecule is C1COCC(CC2CC2)N1. The first-order valence-corrected chi connectivity index (χ1v) is 4.26. The second-order valence-corrected chi connectivity index (χ2v) is 3.41. The Balaban J connectivity index is 1.69. The zero-order valence-corrected chi connectivity index (χ0v) is 6.31. The minimum atomic E-state index is 0.668. The Labute approximate surface area is 61.9 Å². The van der Waals surface area contributed by atoms with Gasteiger partial charge in [-0.2, -0.15) is 0 Å². The molecule has 58 valence electrons. The van der Waals surface area contributed by atoms with Crippen molar-refractivity contribution in [3.05, 3.63) is 0 Å². The van der Waals surface area contributed by atoms with Gasteiger partial charge in [-0.15, -0.1) is 0 Å². The maximum Gasteiger partial charge on any atom is 0.0620 e. The van der Waals surface area contributed by atoms with Crippen molar-refractivity contribution < 1.29 is 4.74 Å². The molecule has 2 rings (SSSR count). The lowest BCUT2D eigenvalue weighted by Crippen LogP contribution is -2.41. The van der Waals surface area contributed by atoms with Gasteiger partial charge in [-0.3, -0.25) is 0 Å². The van der Waals surface area contributed by atoms with Crippen molar-refractivity contribution >= 4 is 0 Å². The maximum absolute atomic E-state index is 5.35. The van der Waals surface area contributed by atoms with Gasteiger partial charge >= 0.3 is 0 Å². The van der Waals surface area contributed by atoms with E-state index in [9.17, 15) is 0 Å². The molecule has 0 bridgehead atoms. The average Bonchev–Trinajstić information content (AvgIpc) is 2.74. The molecule has 1 N–H and O–H groups in total. The molecular weight excluding hydrogens is 126 g/mol. The summed E-state index contributed by atoms with van der Waals surface area (Å²) < 4.78 is 5.35. The molecule has 1 aliphatic carbocycles. The highest BCUT2D eigenvalue weighted by Crippen LogP contribution is 2.33. The summed E-state index contributed by atoms with van der Waals surface area (Å²) in [6.07, 6.45) is 4.26. The average molecular weight is 141 g/mol. The van der Waals surface area contributed by atoms with Crippen LogP contribution in [0.1, 0.15) is 19.3 Å². The van der Waals surface area contributed by atoms with Crippen molar-refractivity contribution in [2.45, 2.75) is 25.3 Å². The lowest BCUT2D eigenvalue weighted by molar-refractivity contribution is 0.0724. The highest BCUT2D eigenvalue weighted by molar-refractivity contribution is 4.81. The van der Waals surface area contributed by atoms with Crippen LogP contribution in [0.4, 0.5) is 0 Å². The van der Waals surface area contributed by atoms with Crippen LogP contribution in [0.5, 0.6) is 0 Å². The van der Waals surface area contributed by atoms with E-state index >= 15 is 0 Å². The third-order valence-corrected chi connectivity index (χ3v) is 2.31. The molecule has 1 heterocycles. The van der Waals surface area contributed by atoms with Gasteiger partial charge in [0.1, 0.15) is 0 Å². The van der Waals surface area contributed by atoms with E-state index in [0.29, 0.717) is 6.04 Å². The number of hydrogen-bond donors (Lipinski definition) is 1. The van der Waals surface area contributed by atoms with E-state index in [1.165, 1.54) is 19.3 Å². The van der Waals surface area contributed by atoms with Gasteiger partial charge in [0.25, 0.3) is 0 Å². The summed E-state index contributed by atoms with van der Waals surface area (Å²) in [5, 5.41) is 3.47. The van der Waals surface area contributed by atoms with Crippen LogP contribution in [0.15, 0.2) is 0 Å². The van der Waals surface area contributed by atoms with Gasteiger partial charge in [-0.25, -0.2) is 0 Å². The Kier molecular flexibility index (Phi) is 1.91. The number of hydrogen-bond acceptors (Lipinski definition) is 2. The van der Waals surface area contributed by atoms with E-state index < -0.39 is 0 Å². The molecule has 1 atom stereocenters. The number of rotatable bonds is 2. The van der Waals surface area contributed by atoms with Gasteiger partial charge in [-0.05, 0) is 12.3 Å². The summed E-state index contributed by atoms with van der Waals surface area (Å²) in [6.45, 7) is 2.90. The van der Waals surface area contributed by atoms with E-state index in [-0.39, 0.29) is 0 Å². The fourth-order valence-corrected chi connectivity index (χ4v) is 1.53. The zero-order valence-electron chi connectivity index (χ0n) is 6.31. The Morgan fingerprint density at radius 3 is 2.90 bits per heavy atom. The first-order valence-electron chi connectivity index (χ1n) is 4.26. The molecule has 1 unspecified atom stereocenters. The summed E-state index contributed by atoms with van der Waals surface area (Å²) >= 11 is 0. The first-order chi connectivity index (χ1) is 4.95. The Bertz CT molecular complexity index is 106. The highest BCUT2D eigenvalue weighted by Gasteiger charge is 2.26. The monoisotopic (exact) mass is 141 g/mol. The first kappa shape index (κ1) is 6.62. The molecular formula is C8H15NO. The molecule has 2 nitrogen and oxygen atoms in total. The van der Waals surface area contributed by atoms with Crippen molar-refractivity contribution in [3.8, 4) is 0 Å². The topological polar surface area (TPSA) is 21.3 Å². The van der Waals surface area contributed by atoms with E-state index in [4.69, 9.17) is 4.74 Å². The largest absolute Gasteiger partial charge is 0.379 e. The van der Waals surface area contributed by atoms with Gasteiger partial charge in [-0.1, -0.05) is 12.8 Å². The fourth-order valence-electron chi connectivity index (χ4n) is 1.53. The van der Waals surface area contributed by atoms with Crippen molar-refractivity contribution in [3.63, 3.8) is 0 Å². The highest BCUT2D eigenvalue weighted by atomic mass is 16.5. The lowest BCUT2D eigenvalue weighted by atomic mass is 10.1. The van der Waals surface area contributed by atoms with Crippen molar-refractivity contribution in [1.82, 2.24) is 5.32 Å². The second-order valence-electron chi connectivity index (χ2n) is 3.41. The quantitative estimate of drug-likeness (QED) is 0.613. The van der Waals surface area contributed by atoms with Gasteiger partial charge in [0.2, 0.25) is 0 Å². The fraction of sp³-hybridized carbons (Fsp3) is 1.00. The van der Waals surface area contributed by atoms with Gasteiger partial charge in [0.15, 0.2) is 0 Å². The van der Waals surface area contributed by atoms with Crippen LogP contribution in [0.25, 0.3) is 0 Å². The summed E-state index contributed by atoms with van der Waals surface area (Å²) in [5.41, 5.74) is 0. The van der Waals surface area contributed by atoms with E-state index in [1.54, 1.807) is 0 Å². The summed E-state index contributed by atoms with van der Waals surface area (Å²) in [4.78, 5) is 0. The van der Waals surface area contributed by atoms with Gasteiger partial charge in [0.05, 0.1) is 13.2 Å². The summed E-state index contributed by atoms with van der Waals surface area (Å²) in [5.74, 6) is 1.03. The van der Waals surface area contributed by atoms with Crippen LogP contribution in [0.2, 0.25) is 0 Å². The van der Waals surface area contributed by atoms with Crippen molar-refractivity contribution in [1.29, 1.82) is 0 Å². The van der Waals surface area contributed by atoms with Crippen LogP contribution >= 0.6 is 0 Å². The smallest absolute Gasteiger partial charge is 0.0620 e. The second kappa shape index (κ2) is 2.89. The predicted octanol–water partition coefficient (Wildman–Crippen LogP) is 0.775. The third kappa shape index (κ3) is 1.70. The summed E-state index contributed by atoms with van der Waals surface area (Å²) in [6, 6.07) is 0.668. The number of nitrogens with one attached hydrogen (secondary N) is 1. The van der Waals surface area contributed by atoms with Gasteiger partial charge in [0, 0.05) is 12.6 Å². The minimum Gasteiger partial charge on any atom is -0.379 e. The standard InChI is InChI=1S/C8H15NO/c1-2-7(1)5-8-6-10-4-3-9-8/h7-9H,1-6H2. The van der Waals surface area contributed by atoms with Crippen LogP contribution in [0.3, 0.4) is 0 Å². The Morgan fingerprint density at radius 2 is 2.30 bits per heavy atom. The zero-order chi connectivity index (χ0) is 6.81. The third-order valence-electron chi connectivity index (χ3n) is 2.31. The molecule has 2 aliphatic rings. The van der Waals surface area contributed by atoms with Crippen LogP contribution in [-0.2, 0) is 4.74 Å². The normalized spacial score (nSPS) is 34.2. The van der Waals surface area contributed by atoms with Crippen LogP contribution in [-0.4, -0.2) is 25.8 Å². The minimum absolute atomic E-state index is 0.668. The van der Waals surface area contributed by atoms with Crippen molar-refractivity contribution in [2.24, 2.45) is 5.92 Å². The molecule has 0 aromatic heterocycles. The maximum atomic E-state index is 5.35. The van der Waals surface area contributed by atoms with Crippen LogP contribution in [0, 0.1) is 5.92 Å². The van der Waals surface area contributed by atoms with Crippen molar-refractivity contribution in [2.75, 3.05) is 19.8 Å². The molecule has 2 fully saturated rings. The molecule has 0 radical (unpaired) electrons. The molecule has 2 heteroatoms. The molecule has 1 saturated carbocycles. The molecule has 0 spiro atoms. The van der Waals surface area contributed by atoms with Gasteiger partial charge < -0.3 is 10.1 Å². The van der Waals surface area contributed by atoms with E-state index in [1.807, 2.05) is 0 Å². The van der Waals surface area contributed by atoms with Crippen LogP contribution < -0.4 is 5.32 Å². The molecule has 0 aromatic carbocycles. The molecule has 1 aliphatic heterocycles. The number of ether oxygens (including phenoxy) is 1. The molecule has 10 heavy (non-hydrogen) atoms. The molecule has 1 saturated heterocycles. The Morgan fingerprint density at radius 1 is 1.40 bits per heavy atom. The summed E-state index contributed by atoms with van der Waals surface area (Å²) in [7, 11) is 0. The number of morpholine rings is 1. The predicted molar refractivity (Wildman–Crippen MR) is 40.0 cm³/mol. The molecule has 0 aromatic rings. The molecule has 0 amide bonds. The van der Waals surface area contributed by atoms with E-state index in [2.05, 4.69) is 5.32 Å². The lowest BCUT2D eigenvalue weighted by Gasteiger charge is -2.23. The van der Waals surface area contributed by atoms with E-state index in [0.717, 1.165) is 25.7 Å².